The van der Waals surface area contributed by atoms with Gasteiger partial charge in [0.25, 0.3) is 5.91 Å². The number of rotatable bonds is 4. The highest BCUT2D eigenvalue weighted by Gasteiger charge is 2.40. The number of nitrogens with zero attached hydrogens (tertiary/aromatic N) is 3. The highest BCUT2D eigenvalue weighted by Crippen LogP contribution is 2.42. The van der Waals surface area contributed by atoms with Crippen LogP contribution in [0.1, 0.15) is 50.8 Å². The number of benzene rings is 2. The van der Waals surface area contributed by atoms with E-state index in [1.54, 1.807) is 6.07 Å². The van der Waals surface area contributed by atoms with Gasteiger partial charge in [0, 0.05) is 36.2 Å². The van der Waals surface area contributed by atoms with Crippen LogP contribution in [0.2, 0.25) is 0 Å². The Bertz CT molecular complexity index is 1230. The molecule has 0 unspecified atom stereocenters. The van der Waals surface area contributed by atoms with Crippen molar-refractivity contribution >= 4 is 21.8 Å². The fourth-order valence-corrected chi connectivity index (χ4v) is 5.68. The van der Waals surface area contributed by atoms with Crippen LogP contribution >= 0.6 is 15.9 Å². The predicted octanol–water partition coefficient (Wildman–Crippen LogP) is 5.73. The standard InChI is InChI=1S/C25H23BrF3N3O/c1-31-14-21(23(30-31)25(27,28)29)19-12-15(8-10-26)13-20-18(19)9-11-32(24(20)33)22-7-6-16-4-2-3-5-17(16)22/h2-5,12-14,22H,6-11H2,1H3/t22-/m0/s1. The molecule has 8 heteroatoms. The zero-order valence-corrected chi connectivity index (χ0v) is 19.7. The number of halogens is 4. The van der Waals surface area contributed by atoms with Gasteiger partial charge in [0.05, 0.1) is 6.04 Å². The summed E-state index contributed by atoms with van der Waals surface area (Å²) in [6, 6.07) is 11.8. The van der Waals surface area contributed by atoms with E-state index in [1.807, 2.05) is 23.1 Å². The van der Waals surface area contributed by atoms with E-state index in [9.17, 15) is 18.0 Å². The van der Waals surface area contributed by atoms with Crippen LogP contribution in [0.25, 0.3) is 11.1 Å². The Morgan fingerprint density at radius 2 is 1.88 bits per heavy atom. The highest BCUT2D eigenvalue weighted by molar-refractivity contribution is 9.09. The van der Waals surface area contributed by atoms with Gasteiger partial charge in [-0.2, -0.15) is 18.3 Å². The van der Waals surface area contributed by atoms with Crippen LogP contribution in [0.4, 0.5) is 13.2 Å². The predicted molar refractivity (Wildman–Crippen MR) is 123 cm³/mol. The fraction of sp³-hybridized carbons (Fsp3) is 0.360. The molecule has 1 atom stereocenters. The molecule has 2 aromatic carbocycles. The second-order valence-corrected chi connectivity index (χ2v) is 9.47. The van der Waals surface area contributed by atoms with Crippen molar-refractivity contribution in [2.24, 2.45) is 7.05 Å². The lowest BCUT2D eigenvalue weighted by atomic mass is 9.87. The van der Waals surface area contributed by atoms with E-state index in [-0.39, 0.29) is 17.5 Å². The molecule has 0 bridgehead atoms. The van der Waals surface area contributed by atoms with E-state index in [0.717, 1.165) is 18.4 Å². The third-order valence-corrected chi connectivity index (χ3v) is 7.05. The number of hydrogen-bond donors (Lipinski definition) is 0. The first kappa shape index (κ1) is 22.2. The normalized spacial score (nSPS) is 17.9. The van der Waals surface area contributed by atoms with E-state index in [0.29, 0.717) is 41.4 Å². The highest BCUT2D eigenvalue weighted by atomic mass is 79.9. The molecule has 1 aliphatic heterocycles. The summed E-state index contributed by atoms with van der Waals surface area (Å²) in [5, 5.41) is 4.34. The Hall–Kier alpha value is -2.61. The van der Waals surface area contributed by atoms with Crippen LogP contribution < -0.4 is 0 Å². The molecule has 172 valence electrons. The van der Waals surface area contributed by atoms with Gasteiger partial charge in [-0.05, 0) is 59.6 Å². The van der Waals surface area contributed by atoms with Gasteiger partial charge < -0.3 is 4.90 Å². The topological polar surface area (TPSA) is 38.1 Å². The number of aromatic nitrogens is 2. The van der Waals surface area contributed by atoms with Crippen molar-refractivity contribution in [3.8, 4) is 11.1 Å². The van der Waals surface area contributed by atoms with E-state index in [1.165, 1.54) is 29.1 Å². The third-order valence-electron chi connectivity index (χ3n) is 6.65. The zero-order chi connectivity index (χ0) is 23.3. The SMILES string of the molecule is Cn1cc(-c2cc(CCBr)cc3c2CCN([C@H]2CCc4ccccc42)C3=O)c(C(F)(F)F)n1. The van der Waals surface area contributed by atoms with Gasteiger partial charge in [0.15, 0.2) is 5.69 Å². The van der Waals surface area contributed by atoms with Crippen LogP contribution in [0, 0.1) is 0 Å². The van der Waals surface area contributed by atoms with Crippen LogP contribution in [0.15, 0.2) is 42.6 Å². The van der Waals surface area contributed by atoms with Crippen LogP contribution in [-0.2, 0) is 32.5 Å². The van der Waals surface area contributed by atoms with Crippen molar-refractivity contribution in [1.82, 2.24) is 14.7 Å². The number of amides is 1. The minimum Gasteiger partial charge on any atom is -0.331 e. The van der Waals surface area contributed by atoms with Crippen molar-refractivity contribution < 1.29 is 18.0 Å². The van der Waals surface area contributed by atoms with E-state index < -0.39 is 11.9 Å². The Balaban J connectivity index is 1.62. The van der Waals surface area contributed by atoms with Gasteiger partial charge in [-0.1, -0.05) is 46.3 Å². The Morgan fingerprint density at radius 3 is 2.64 bits per heavy atom. The number of carbonyl (C=O) groups excluding carboxylic acids is 1. The van der Waals surface area contributed by atoms with Gasteiger partial charge in [0.2, 0.25) is 0 Å². The number of aryl methyl sites for hydroxylation is 3. The molecule has 1 aromatic heterocycles. The summed E-state index contributed by atoms with van der Waals surface area (Å²) in [6.07, 6.45) is -0.253. The molecule has 33 heavy (non-hydrogen) atoms. The van der Waals surface area contributed by atoms with Crippen molar-refractivity contribution in [3.05, 3.63) is 76.1 Å². The minimum absolute atomic E-state index is 0.00857. The second kappa shape index (κ2) is 8.31. The summed E-state index contributed by atoms with van der Waals surface area (Å²) in [4.78, 5) is 15.6. The smallest absolute Gasteiger partial charge is 0.331 e. The molecule has 2 heterocycles. The van der Waals surface area contributed by atoms with Crippen molar-refractivity contribution in [3.63, 3.8) is 0 Å². The number of carbonyl (C=O) groups is 1. The number of fused-ring (bicyclic) bond motifs is 2. The average Bonchev–Trinajstić information content (AvgIpc) is 3.38. The van der Waals surface area contributed by atoms with Crippen LogP contribution in [0.5, 0.6) is 0 Å². The lowest BCUT2D eigenvalue weighted by Crippen LogP contribution is -2.40. The molecule has 1 aliphatic carbocycles. The van der Waals surface area contributed by atoms with Crippen LogP contribution in [0.3, 0.4) is 0 Å². The Morgan fingerprint density at radius 1 is 1.12 bits per heavy atom. The molecule has 0 radical (unpaired) electrons. The maximum absolute atomic E-state index is 13.8. The number of hydrogen-bond acceptors (Lipinski definition) is 2. The van der Waals surface area contributed by atoms with Crippen molar-refractivity contribution in [1.29, 1.82) is 0 Å². The third kappa shape index (κ3) is 3.88. The Kier molecular flexibility index (Phi) is 5.59. The summed E-state index contributed by atoms with van der Waals surface area (Å²) < 4.78 is 42.4. The summed E-state index contributed by atoms with van der Waals surface area (Å²) in [7, 11) is 1.48. The maximum Gasteiger partial charge on any atom is 0.435 e. The first-order valence-electron chi connectivity index (χ1n) is 11.0. The quantitative estimate of drug-likeness (QED) is 0.414. The molecule has 0 saturated heterocycles. The summed E-state index contributed by atoms with van der Waals surface area (Å²) in [5.74, 6) is -0.104. The van der Waals surface area contributed by atoms with E-state index >= 15 is 0 Å². The second-order valence-electron chi connectivity index (χ2n) is 8.67. The van der Waals surface area contributed by atoms with E-state index in [4.69, 9.17) is 0 Å². The summed E-state index contributed by atoms with van der Waals surface area (Å²) in [6.45, 7) is 0.483. The van der Waals surface area contributed by atoms with E-state index in [2.05, 4.69) is 33.2 Å². The maximum atomic E-state index is 13.8. The first-order valence-corrected chi connectivity index (χ1v) is 12.1. The van der Waals surface area contributed by atoms with Gasteiger partial charge in [-0.3, -0.25) is 9.48 Å². The molecule has 5 rings (SSSR count). The molecular weight excluding hydrogens is 495 g/mol. The molecule has 0 N–H and O–H groups in total. The molecular formula is C25H23BrF3N3O. The van der Waals surface area contributed by atoms with Crippen molar-refractivity contribution in [2.75, 3.05) is 11.9 Å². The summed E-state index contributed by atoms with van der Waals surface area (Å²) >= 11 is 3.42. The molecule has 0 fully saturated rings. The molecule has 4 nitrogen and oxygen atoms in total. The van der Waals surface area contributed by atoms with Gasteiger partial charge in [-0.15, -0.1) is 0 Å². The summed E-state index contributed by atoms with van der Waals surface area (Å²) in [5.41, 5.74) is 4.05. The van der Waals surface area contributed by atoms with Gasteiger partial charge in [-0.25, -0.2) is 0 Å². The van der Waals surface area contributed by atoms with Gasteiger partial charge >= 0.3 is 6.18 Å². The molecule has 0 saturated carbocycles. The van der Waals surface area contributed by atoms with Crippen molar-refractivity contribution in [2.45, 2.75) is 37.9 Å². The Labute approximate surface area is 198 Å². The lowest BCUT2D eigenvalue weighted by molar-refractivity contribution is -0.140. The van der Waals surface area contributed by atoms with Crippen LogP contribution in [-0.4, -0.2) is 32.5 Å². The fourth-order valence-electron chi connectivity index (χ4n) is 5.22. The lowest BCUT2D eigenvalue weighted by Gasteiger charge is -2.35. The molecule has 1 amide bonds. The monoisotopic (exact) mass is 517 g/mol. The minimum atomic E-state index is -4.58. The number of alkyl halides is 4. The van der Waals surface area contributed by atoms with Gasteiger partial charge in [0.1, 0.15) is 0 Å². The molecule has 2 aliphatic rings. The molecule has 0 spiro atoms. The first-order chi connectivity index (χ1) is 15.8. The largest absolute Gasteiger partial charge is 0.435 e. The molecule has 3 aromatic rings. The zero-order valence-electron chi connectivity index (χ0n) is 18.1. The average molecular weight is 518 g/mol.